The molecule has 1 heterocycles. The molecule has 0 aromatic carbocycles. The van der Waals surface area contributed by atoms with E-state index in [4.69, 9.17) is 0 Å². The van der Waals surface area contributed by atoms with E-state index in [1.165, 1.54) is 77.0 Å². The second-order valence-corrected chi connectivity index (χ2v) is 7.37. The van der Waals surface area contributed by atoms with Gasteiger partial charge in [-0.15, -0.1) is 0 Å². The van der Waals surface area contributed by atoms with Crippen LogP contribution in [0, 0.1) is 0 Å². The standard InChI is InChI=1S/C19H42N4/c1-4-6-13-18(11-5-2)22-23-19-14-8-7-9-16-20-21-17(3)12-10-15-19/h17-23H,4-16H2,1-3H3/t17?,18-,19?/m0/s1. The molecule has 1 saturated heterocycles. The lowest BCUT2D eigenvalue weighted by Gasteiger charge is -2.25. The van der Waals surface area contributed by atoms with Gasteiger partial charge in [-0.2, -0.15) is 0 Å². The number of unbranched alkanes of at least 4 members (excludes halogenated alkanes) is 1. The zero-order chi connectivity index (χ0) is 16.8. The molecule has 1 fully saturated rings. The van der Waals surface area contributed by atoms with Crippen molar-refractivity contribution < 1.29 is 0 Å². The lowest BCUT2D eigenvalue weighted by atomic mass is 10.0. The summed E-state index contributed by atoms with van der Waals surface area (Å²) in [6, 6.07) is 1.85. The predicted molar refractivity (Wildman–Crippen MR) is 101 cm³/mol. The van der Waals surface area contributed by atoms with Crippen molar-refractivity contribution in [3.05, 3.63) is 0 Å². The van der Waals surface area contributed by atoms with Crippen molar-refractivity contribution in [1.82, 2.24) is 21.7 Å². The first-order valence-corrected chi connectivity index (χ1v) is 10.3. The highest BCUT2D eigenvalue weighted by Crippen LogP contribution is 2.12. The largest absolute Gasteiger partial charge is 0.258 e. The summed E-state index contributed by atoms with van der Waals surface area (Å²) >= 11 is 0. The normalized spacial score (nSPS) is 26.2. The molecule has 4 nitrogen and oxygen atoms in total. The maximum absolute atomic E-state index is 3.70. The first kappa shape index (κ1) is 20.9. The van der Waals surface area contributed by atoms with Gasteiger partial charge in [0.15, 0.2) is 0 Å². The van der Waals surface area contributed by atoms with Crippen LogP contribution in [0.1, 0.15) is 97.8 Å². The molecular weight excluding hydrogens is 284 g/mol. The van der Waals surface area contributed by atoms with E-state index in [-0.39, 0.29) is 0 Å². The van der Waals surface area contributed by atoms with Gasteiger partial charge in [-0.1, -0.05) is 52.4 Å². The average molecular weight is 327 g/mol. The Morgan fingerprint density at radius 1 is 0.957 bits per heavy atom. The van der Waals surface area contributed by atoms with E-state index in [2.05, 4.69) is 42.5 Å². The van der Waals surface area contributed by atoms with Crippen LogP contribution in [-0.4, -0.2) is 24.7 Å². The lowest BCUT2D eigenvalue weighted by Crippen LogP contribution is -2.47. The molecule has 0 bridgehead atoms. The Bertz CT molecular complexity index is 260. The first-order chi connectivity index (χ1) is 11.3. The fourth-order valence-corrected chi connectivity index (χ4v) is 3.38. The average Bonchev–Trinajstić information content (AvgIpc) is 2.54. The monoisotopic (exact) mass is 326 g/mol. The zero-order valence-corrected chi connectivity index (χ0v) is 15.9. The number of hydrogen-bond acceptors (Lipinski definition) is 4. The number of hydrazine groups is 2. The van der Waals surface area contributed by atoms with Crippen molar-refractivity contribution in [3.63, 3.8) is 0 Å². The molecule has 4 N–H and O–H groups in total. The predicted octanol–water partition coefficient (Wildman–Crippen LogP) is 4.04. The molecule has 3 atom stereocenters. The van der Waals surface area contributed by atoms with E-state index in [1.54, 1.807) is 0 Å². The lowest BCUT2D eigenvalue weighted by molar-refractivity contribution is 0.300. The van der Waals surface area contributed by atoms with Gasteiger partial charge in [0.05, 0.1) is 0 Å². The Balaban J connectivity index is 2.36. The van der Waals surface area contributed by atoms with Crippen LogP contribution < -0.4 is 21.7 Å². The van der Waals surface area contributed by atoms with E-state index < -0.39 is 0 Å². The Morgan fingerprint density at radius 2 is 1.78 bits per heavy atom. The van der Waals surface area contributed by atoms with E-state index >= 15 is 0 Å². The van der Waals surface area contributed by atoms with Gasteiger partial charge in [0.25, 0.3) is 0 Å². The fourth-order valence-electron chi connectivity index (χ4n) is 3.38. The maximum Gasteiger partial charge on any atom is 0.0213 e. The Morgan fingerprint density at radius 3 is 2.57 bits per heavy atom. The highest BCUT2D eigenvalue weighted by molar-refractivity contribution is 4.71. The molecule has 0 radical (unpaired) electrons. The van der Waals surface area contributed by atoms with Crippen LogP contribution in [0.15, 0.2) is 0 Å². The first-order valence-electron chi connectivity index (χ1n) is 10.3. The van der Waals surface area contributed by atoms with E-state index in [0.717, 1.165) is 6.54 Å². The third kappa shape index (κ3) is 11.1. The number of hydrogen-bond donors (Lipinski definition) is 4. The molecule has 0 aromatic heterocycles. The summed E-state index contributed by atoms with van der Waals surface area (Å²) in [5.74, 6) is 0. The molecule has 138 valence electrons. The Kier molecular flexibility index (Phi) is 12.9. The third-order valence-corrected chi connectivity index (χ3v) is 4.93. The summed E-state index contributed by atoms with van der Waals surface area (Å²) in [4.78, 5) is 0. The van der Waals surface area contributed by atoms with E-state index in [1.807, 2.05) is 0 Å². The summed E-state index contributed by atoms with van der Waals surface area (Å²) in [5.41, 5.74) is 14.1. The number of rotatable bonds is 8. The fraction of sp³-hybridized carbons (Fsp3) is 1.00. The van der Waals surface area contributed by atoms with Crippen molar-refractivity contribution in [1.29, 1.82) is 0 Å². The minimum atomic E-state index is 0.570. The van der Waals surface area contributed by atoms with Crippen molar-refractivity contribution in [3.8, 4) is 0 Å². The van der Waals surface area contributed by atoms with Crippen molar-refractivity contribution in [2.24, 2.45) is 0 Å². The minimum absolute atomic E-state index is 0.570. The maximum atomic E-state index is 3.70. The van der Waals surface area contributed by atoms with E-state index in [9.17, 15) is 0 Å². The van der Waals surface area contributed by atoms with E-state index in [0.29, 0.717) is 18.1 Å². The summed E-state index contributed by atoms with van der Waals surface area (Å²) in [5, 5.41) is 0. The SMILES string of the molecule is CCCC[C@H](CCC)NNC1CCCCCNNC(C)CCC1. The summed E-state index contributed by atoms with van der Waals surface area (Å²) in [6.45, 7) is 7.95. The van der Waals surface area contributed by atoms with Gasteiger partial charge >= 0.3 is 0 Å². The zero-order valence-electron chi connectivity index (χ0n) is 15.9. The molecule has 1 rings (SSSR count). The molecule has 1 aliphatic rings. The topological polar surface area (TPSA) is 48.1 Å². The van der Waals surface area contributed by atoms with Crippen LogP contribution in [0.3, 0.4) is 0 Å². The van der Waals surface area contributed by atoms with Crippen molar-refractivity contribution >= 4 is 0 Å². The van der Waals surface area contributed by atoms with Crippen LogP contribution in [0.4, 0.5) is 0 Å². The smallest absolute Gasteiger partial charge is 0.0213 e. The van der Waals surface area contributed by atoms with Crippen LogP contribution in [0.5, 0.6) is 0 Å². The highest BCUT2D eigenvalue weighted by atomic mass is 15.4. The molecule has 4 heteroatoms. The summed E-state index contributed by atoms with van der Waals surface area (Å²) < 4.78 is 0. The Hall–Kier alpha value is -0.160. The van der Waals surface area contributed by atoms with Crippen molar-refractivity contribution in [2.45, 2.75) is 116 Å². The van der Waals surface area contributed by atoms with Gasteiger partial charge in [0.2, 0.25) is 0 Å². The van der Waals surface area contributed by atoms with Crippen LogP contribution in [0.2, 0.25) is 0 Å². The molecule has 2 unspecified atom stereocenters. The van der Waals surface area contributed by atoms with Gasteiger partial charge < -0.3 is 0 Å². The van der Waals surface area contributed by atoms with Gasteiger partial charge in [-0.3, -0.25) is 21.7 Å². The quantitative estimate of drug-likeness (QED) is 0.509. The van der Waals surface area contributed by atoms with Gasteiger partial charge in [-0.05, 0) is 45.4 Å². The highest BCUT2D eigenvalue weighted by Gasteiger charge is 2.13. The molecule has 0 spiro atoms. The van der Waals surface area contributed by atoms with Crippen LogP contribution >= 0.6 is 0 Å². The minimum Gasteiger partial charge on any atom is -0.258 e. The molecule has 0 saturated carbocycles. The second-order valence-electron chi connectivity index (χ2n) is 7.37. The second kappa shape index (κ2) is 14.2. The third-order valence-electron chi connectivity index (χ3n) is 4.93. The molecule has 0 aromatic rings. The molecular formula is C19H42N4. The van der Waals surface area contributed by atoms with Crippen LogP contribution in [0.25, 0.3) is 0 Å². The number of nitrogens with one attached hydrogen (secondary N) is 4. The van der Waals surface area contributed by atoms with Crippen molar-refractivity contribution in [2.75, 3.05) is 6.54 Å². The van der Waals surface area contributed by atoms with Gasteiger partial charge in [0.1, 0.15) is 0 Å². The van der Waals surface area contributed by atoms with Crippen LogP contribution in [-0.2, 0) is 0 Å². The molecule has 23 heavy (non-hydrogen) atoms. The Labute approximate surface area is 144 Å². The van der Waals surface area contributed by atoms with Gasteiger partial charge in [-0.25, -0.2) is 0 Å². The molecule has 0 amide bonds. The van der Waals surface area contributed by atoms with Gasteiger partial charge in [0, 0.05) is 24.7 Å². The molecule has 1 aliphatic heterocycles. The summed E-state index contributed by atoms with van der Waals surface area (Å²) in [7, 11) is 0. The summed E-state index contributed by atoms with van der Waals surface area (Å²) in [6.07, 6.45) is 15.6. The molecule has 0 aliphatic carbocycles.